The third-order valence-electron chi connectivity index (χ3n) is 5.45. The average molecular weight is 466 g/mol. The molecule has 3 aromatic rings. The molecule has 0 bridgehead atoms. The molecule has 0 aliphatic rings. The standard InChI is InChI=1S/C27H25ClFNO3/c1-2-27(18-31,26(32)33-17-20-6-4-3-5-7-20)16-23(30)14-19-8-10-21(11-9-19)24-15-22(28)12-13-25(24)29/h1,3-13,15,23,31H,14,16-18,30H2/t23-,27?/m1/s1. The summed E-state index contributed by atoms with van der Waals surface area (Å²) in [6.07, 6.45) is 6.09. The summed E-state index contributed by atoms with van der Waals surface area (Å²) >= 11 is 5.98. The molecule has 33 heavy (non-hydrogen) atoms. The molecule has 0 aromatic heterocycles. The Kier molecular flexibility index (Phi) is 8.24. The zero-order chi connectivity index (χ0) is 23.8. The zero-order valence-corrected chi connectivity index (χ0v) is 18.8. The minimum absolute atomic E-state index is 0.0539. The largest absolute Gasteiger partial charge is 0.460 e. The molecular weight excluding hydrogens is 441 g/mol. The van der Waals surface area contributed by atoms with Crippen molar-refractivity contribution < 1.29 is 19.0 Å². The highest BCUT2D eigenvalue weighted by molar-refractivity contribution is 6.30. The van der Waals surface area contributed by atoms with Gasteiger partial charge in [0, 0.05) is 16.6 Å². The number of rotatable bonds is 9. The van der Waals surface area contributed by atoms with Crippen molar-refractivity contribution in [2.24, 2.45) is 11.1 Å². The minimum atomic E-state index is -1.53. The first-order valence-corrected chi connectivity index (χ1v) is 10.8. The topological polar surface area (TPSA) is 72.5 Å². The lowest BCUT2D eigenvalue weighted by atomic mass is 9.81. The quantitative estimate of drug-likeness (QED) is 0.353. The summed E-state index contributed by atoms with van der Waals surface area (Å²) in [4.78, 5) is 12.7. The summed E-state index contributed by atoms with van der Waals surface area (Å²) in [5.74, 6) is 1.36. The maximum Gasteiger partial charge on any atom is 0.327 e. The Morgan fingerprint density at radius 1 is 1.12 bits per heavy atom. The van der Waals surface area contributed by atoms with Crippen LogP contribution in [0.25, 0.3) is 11.1 Å². The van der Waals surface area contributed by atoms with Crippen molar-refractivity contribution in [2.45, 2.75) is 25.5 Å². The Morgan fingerprint density at radius 3 is 2.45 bits per heavy atom. The van der Waals surface area contributed by atoms with Crippen molar-refractivity contribution in [3.8, 4) is 23.5 Å². The van der Waals surface area contributed by atoms with Gasteiger partial charge < -0.3 is 15.6 Å². The van der Waals surface area contributed by atoms with Crippen LogP contribution in [0.1, 0.15) is 17.5 Å². The number of ether oxygens (including phenoxy) is 1. The van der Waals surface area contributed by atoms with E-state index >= 15 is 0 Å². The molecule has 4 nitrogen and oxygen atoms in total. The fourth-order valence-electron chi connectivity index (χ4n) is 3.60. The van der Waals surface area contributed by atoms with Crippen LogP contribution in [0.2, 0.25) is 5.02 Å². The van der Waals surface area contributed by atoms with E-state index < -0.39 is 24.0 Å². The molecule has 170 valence electrons. The number of aliphatic hydroxyl groups excluding tert-OH is 1. The van der Waals surface area contributed by atoms with Crippen LogP contribution in [-0.4, -0.2) is 23.7 Å². The van der Waals surface area contributed by atoms with Crippen LogP contribution in [0.5, 0.6) is 0 Å². The summed E-state index contributed by atoms with van der Waals surface area (Å²) in [6.45, 7) is -0.516. The monoisotopic (exact) mass is 465 g/mol. The van der Waals surface area contributed by atoms with Crippen molar-refractivity contribution in [1.29, 1.82) is 0 Å². The number of halogens is 2. The maximum atomic E-state index is 14.1. The average Bonchev–Trinajstić information content (AvgIpc) is 2.83. The number of carbonyl (C=O) groups excluding carboxylic acids is 1. The van der Waals surface area contributed by atoms with Crippen LogP contribution in [0.3, 0.4) is 0 Å². The predicted molar refractivity (Wildman–Crippen MR) is 128 cm³/mol. The van der Waals surface area contributed by atoms with Gasteiger partial charge in [-0.05, 0) is 47.7 Å². The van der Waals surface area contributed by atoms with Crippen LogP contribution in [0, 0.1) is 23.6 Å². The molecule has 0 amide bonds. The number of carbonyl (C=O) groups is 1. The Balaban J connectivity index is 1.65. The van der Waals surface area contributed by atoms with Crippen molar-refractivity contribution in [3.63, 3.8) is 0 Å². The van der Waals surface area contributed by atoms with Crippen LogP contribution >= 0.6 is 11.6 Å². The molecule has 0 fully saturated rings. The van der Waals surface area contributed by atoms with Gasteiger partial charge in [-0.1, -0.05) is 72.1 Å². The van der Waals surface area contributed by atoms with Gasteiger partial charge in [0.2, 0.25) is 0 Å². The smallest absolute Gasteiger partial charge is 0.327 e. The molecule has 0 heterocycles. The second-order valence-electron chi connectivity index (χ2n) is 7.94. The minimum Gasteiger partial charge on any atom is -0.460 e. The van der Waals surface area contributed by atoms with Crippen molar-refractivity contribution in [3.05, 3.63) is 94.8 Å². The molecule has 3 rings (SSSR count). The molecule has 0 aliphatic heterocycles. The third kappa shape index (κ3) is 6.21. The predicted octanol–water partition coefficient (Wildman–Crippen LogP) is 4.76. The molecule has 3 aromatic carbocycles. The van der Waals surface area contributed by atoms with Crippen molar-refractivity contribution in [2.75, 3.05) is 6.61 Å². The van der Waals surface area contributed by atoms with E-state index in [1.54, 1.807) is 18.2 Å². The molecule has 0 aliphatic carbocycles. The molecule has 1 unspecified atom stereocenters. The fraction of sp³-hybridized carbons (Fsp3) is 0.222. The molecule has 0 saturated heterocycles. The van der Waals surface area contributed by atoms with Crippen LogP contribution in [-0.2, 0) is 22.6 Å². The highest BCUT2D eigenvalue weighted by atomic mass is 35.5. The van der Waals surface area contributed by atoms with E-state index in [4.69, 9.17) is 28.5 Å². The normalized spacial score (nSPS) is 13.5. The zero-order valence-electron chi connectivity index (χ0n) is 18.0. The van der Waals surface area contributed by atoms with E-state index in [-0.39, 0.29) is 18.8 Å². The summed E-state index contributed by atoms with van der Waals surface area (Å²) < 4.78 is 19.5. The van der Waals surface area contributed by atoms with Crippen molar-refractivity contribution in [1.82, 2.24) is 0 Å². The van der Waals surface area contributed by atoms with Gasteiger partial charge in [0.1, 0.15) is 12.4 Å². The second kappa shape index (κ2) is 11.1. The lowest BCUT2D eigenvalue weighted by molar-refractivity contribution is -0.156. The SMILES string of the molecule is C#CC(CO)(C[C@H](N)Cc1ccc(-c2cc(Cl)ccc2F)cc1)C(=O)OCc1ccccc1. The fourth-order valence-corrected chi connectivity index (χ4v) is 3.77. The Hall–Kier alpha value is -3.17. The molecule has 6 heteroatoms. The molecule has 0 radical (unpaired) electrons. The second-order valence-corrected chi connectivity index (χ2v) is 8.37. The van der Waals surface area contributed by atoms with Crippen molar-refractivity contribution >= 4 is 17.6 Å². The van der Waals surface area contributed by atoms with E-state index in [9.17, 15) is 14.3 Å². The summed E-state index contributed by atoms with van der Waals surface area (Å²) in [6, 6.07) is 20.3. The van der Waals surface area contributed by atoms with Gasteiger partial charge in [0.15, 0.2) is 5.41 Å². The van der Waals surface area contributed by atoms with E-state index in [1.165, 1.54) is 12.1 Å². The number of aliphatic hydroxyl groups is 1. The summed E-state index contributed by atoms with van der Waals surface area (Å²) in [5, 5.41) is 10.4. The van der Waals surface area contributed by atoms with E-state index in [0.717, 1.165) is 11.1 Å². The van der Waals surface area contributed by atoms with Gasteiger partial charge in [0.25, 0.3) is 0 Å². The van der Waals surface area contributed by atoms with Gasteiger partial charge in [-0.25, -0.2) is 4.39 Å². The Morgan fingerprint density at radius 2 is 1.82 bits per heavy atom. The number of nitrogens with two attached hydrogens (primary N) is 1. The summed E-state index contributed by atoms with van der Waals surface area (Å²) in [7, 11) is 0. The number of terminal acetylenes is 1. The van der Waals surface area contributed by atoms with Gasteiger partial charge in [-0.2, -0.15) is 0 Å². The lowest BCUT2D eigenvalue weighted by Gasteiger charge is -2.27. The molecule has 2 atom stereocenters. The molecular formula is C27H25ClFNO3. The number of hydrogen-bond acceptors (Lipinski definition) is 4. The molecule has 0 spiro atoms. The number of benzene rings is 3. The molecule has 0 saturated carbocycles. The first-order valence-electron chi connectivity index (χ1n) is 10.5. The first-order chi connectivity index (χ1) is 15.9. The number of hydrogen-bond donors (Lipinski definition) is 2. The van der Waals surface area contributed by atoms with Crippen LogP contribution in [0.15, 0.2) is 72.8 Å². The van der Waals surface area contributed by atoms with E-state index in [1.807, 2.05) is 42.5 Å². The van der Waals surface area contributed by atoms with Gasteiger partial charge in [-0.15, -0.1) is 6.42 Å². The van der Waals surface area contributed by atoms with Crippen LogP contribution in [0.4, 0.5) is 4.39 Å². The maximum absolute atomic E-state index is 14.1. The van der Waals surface area contributed by atoms with Gasteiger partial charge >= 0.3 is 5.97 Å². The number of esters is 1. The van der Waals surface area contributed by atoms with E-state index in [2.05, 4.69) is 5.92 Å². The Labute approximate surface area is 198 Å². The Bertz CT molecular complexity index is 1130. The first kappa shape index (κ1) is 24.5. The van der Waals surface area contributed by atoms with Gasteiger partial charge in [-0.3, -0.25) is 4.79 Å². The summed E-state index contributed by atoms with van der Waals surface area (Å²) in [5.41, 5.74) is 7.55. The van der Waals surface area contributed by atoms with Crippen LogP contribution < -0.4 is 5.73 Å². The highest BCUT2D eigenvalue weighted by Gasteiger charge is 2.39. The highest BCUT2D eigenvalue weighted by Crippen LogP contribution is 2.28. The lowest BCUT2D eigenvalue weighted by Crippen LogP contribution is -2.41. The molecule has 3 N–H and O–H groups in total. The third-order valence-corrected chi connectivity index (χ3v) is 5.69. The van der Waals surface area contributed by atoms with E-state index in [0.29, 0.717) is 22.6 Å². The van der Waals surface area contributed by atoms with Gasteiger partial charge in [0.05, 0.1) is 6.61 Å².